The van der Waals surface area contributed by atoms with E-state index in [1.165, 1.54) is 12.8 Å². The Bertz CT molecular complexity index is 266. The standard InChI is InChI=1S/C14H30N4O2S2/c15-11-13(19)17-7-3-1-5-9-21-22-10-6-2-4-8-18-14(20)12-16/h1-12,15-16H2,(H,17,19)(H,18,20). The first-order valence-electron chi connectivity index (χ1n) is 7.88. The van der Waals surface area contributed by atoms with E-state index in [4.69, 9.17) is 11.5 Å². The fourth-order valence-corrected chi connectivity index (χ4v) is 3.94. The van der Waals surface area contributed by atoms with E-state index in [-0.39, 0.29) is 24.9 Å². The van der Waals surface area contributed by atoms with Gasteiger partial charge in [0.2, 0.25) is 11.8 Å². The van der Waals surface area contributed by atoms with E-state index in [9.17, 15) is 9.59 Å². The van der Waals surface area contributed by atoms with Crippen molar-refractivity contribution in [2.24, 2.45) is 11.5 Å². The largest absolute Gasteiger partial charge is 0.355 e. The van der Waals surface area contributed by atoms with E-state index in [2.05, 4.69) is 10.6 Å². The van der Waals surface area contributed by atoms with Crippen molar-refractivity contribution in [1.29, 1.82) is 0 Å². The highest BCUT2D eigenvalue weighted by Crippen LogP contribution is 2.24. The van der Waals surface area contributed by atoms with Crippen molar-refractivity contribution in [3.63, 3.8) is 0 Å². The summed E-state index contributed by atoms with van der Waals surface area (Å²) in [4.78, 5) is 21.8. The zero-order chi connectivity index (χ0) is 16.5. The van der Waals surface area contributed by atoms with Gasteiger partial charge in [0.15, 0.2) is 0 Å². The molecule has 0 heterocycles. The maximum atomic E-state index is 10.9. The number of rotatable bonds is 15. The minimum Gasteiger partial charge on any atom is -0.355 e. The first kappa shape index (κ1) is 21.6. The van der Waals surface area contributed by atoms with Crippen LogP contribution in [0.25, 0.3) is 0 Å². The second-order valence-corrected chi connectivity index (χ2v) is 7.58. The van der Waals surface area contributed by atoms with E-state index in [1.54, 1.807) is 0 Å². The van der Waals surface area contributed by atoms with E-state index in [0.717, 1.165) is 50.3 Å². The van der Waals surface area contributed by atoms with Crippen molar-refractivity contribution in [3.05, 3.63) is 0 Å². The summed E-state index contributed by atoms with van der Waals surface area (Å²) in [5, 5.41) is 5.54. The molecule has 0 fully saturated rings. The summed E-state index contributed by atoms with van der Waals surface area (Å²) < 4.78 is 0. The second-order valence-electron chi connectivity index (χ2n) is 4.87. The SMILES string of the molecule is NCC(=O)NCCCCCSSCCCCCNC(=O)CN. The van der Waals surface area contributed by atoms with Crippen molar-refractivity contribution in [2.75, 3.05) is 37.7 Å². The third kappa shape index (κ3) is 15.9. The molecular formula is C14H30N4O2S2. The normalized spacial score (nSPS) is 10.5. The summed E-state index contributed by atoms with van der Waals surface area (Å²) in [5.74, 6) is 2.16. The molecule has 0 rings (SSSR count). The average Bonchev–Trinajstić information content (AvgIpc) is 2.54. The molecule has 6 N–H and O–H groups in total. The number of carbonyl (C=O) groups excluding carboxylic acids is 2. The summed E-state index contributed by atoms with van der Waals surface area (Å²) >= 11 is 0. The van der Waals surface area contributed by atoms with Gasteiger partial charge in [0, 0.05) is 24.6 Å². The van der Waals surface area contributed by atoms with Crippen LogP contribution in [0.4, 0.5) is 0 Å². The molecule has 0 aromatic carbocycles. The van der Waals surface area contributed by atoms with Gasteiger partial charge >= 0.3 is 0 Å². The smallest absolute Gasteiger partial charge is 0.233 e. The highest BCUT2D eigenvalue weighted by molar-refractivity contribution is 8.76. The third-order valence-electron chi connectivity index (χ3n) is 2.91. The third-order valence-corrected chi connectivity index (χ3v) is 5.48. The molecule has 0 spiro atoms. The van der Waals surface area contributed by atoms with Crippen molar-refractivity contribution in [1.82, 2.24) is 10.6 Å². The van der Waals surface area contributed by atoms with Crippen molar-refractivity contribution in [3.8, 4) is 0 Å². The minimum absolute atomic E-state index is 0.0753. The molecule has 8 heteroatoms. The van der Waals surface area contributed by atoms with Crippen molar-refractivity contribution < 1.29 is 9.59 Å². The lowest BCUT2D eigenvalue weighted by molar-refractivity contribution is -0.120. The molecule has 22 heavy (non-hydrogen) atoms. The molecule has 6 nitrogen and oxygen atoms in total. The van der Waals surface area contributed by atoms with E-state index >= 15 is 0 Å². The molecule has 0 radical (unpaired) electrons. The summed E-state index contributed by atoms with van der Waals surface area (Å²) in [5.41, 5.74) is 10.4. The van der Waals surface area contributed by atoms with Crippen LogP contribution in [0.2, 0.25) is 0 Å². The van der Waals surface area contributed by atoms with Crippen LogP contribution in [0.15, 0.2) is 0 Å². The lowest BCUT2D eigenvalue weighted by atomic mass is 10.2. The molecule has 0 bridgehead atoms. The zero-order valence-corrected chi connectivity index (χ0v) is 14.9. The Hall–Kier alpha value is -0.440. The highest BCUT2D eigenvalue weighted by Gasteiger charge is 1.97. The number of hydrogen-bond donors (Lipinski definition) is 4. The monoisotopic (exact) mass is 350 g/mol. The number of hydrogen-bond acceptors (Lipinski definition) is 6. The molecule has 0 saturated heterocycles. The van der Waals surface area contributed by atoms with Crippen LogP contribution in [0.5, 0.6) is 0 Å². The minimum atomic E-state index is -0.0764. The molecule has 2 amide bonds. The number of nitrogens with two attached hydrogens (primary N) is 2. The maximum absolute atomic E-state index is 10.9. The molecule has 0 aromatic rings. The van der Waals surface area contributed by atoms with Gasteiger partial charge in [-0.15, -0.1) is 0 Å². The molecule has 0 aliphatic heterocycles. The number of amides is 2. The lowest BCUT2D eigenvalue weighted by Crippen LogP contribution is -2.30. The Morgan fingerprint density at radius 3 is 1.45 bits per heavy atom. The van der Waals surface area contributed by atoms with Crippen LogP contribution in [-0.2, 0) is 9.59 Å². The topological polar surface area (TPSA) is 110 Å². The number of nitrogens with one attached hydrogen (secondary N) is 2. The molecule has 0 aliphatic rings. The summed E-state index contributed by atoms with van der Waals surface area (Å²) in [6.45, 7) is 1.61. The quantitative estimate of drug-likeness (QED) is 0.257. The van der Waals surface area contributed by atoms with Crippen LogP contribution in [-0.4, -0.2) is 49.5 Å². The van der Waals surface area contributed by atoms with Gasteiger partial charge < -0.3 is 22.1 Å². The summed E-state index contributed by atoms with van der Waals surface area (Å²) in [6, 6.07) is 0. The summed E-state index contributed by atoms with van der Waals surface area (Å²) in [7, 11) is 3.83. The Labute approximate surface area is 141 Å². The van der Waals surface area contributed by atoms with Crippen LogP contribution < -0.4 is 22.1 Å². The molecule has 0 atom stereocenters. The second kappa shape index (κ2) is 16.9. The van der Waals surface area contributed by atoms with Crippen LogP contribution in [0, 0.1) is 0 Å². The molecule has 130 valence electrons. The van der Waals surface area contributed by atoms with Crippen molar-refractivity contribution >= 4 is 33.4 Å². The highest BCUT2D eigenvalue weighted by atomic mass is 33.1. The zero-order valence-electron chi connectivity index (χ0n) is 13.3. The van der Waals surface area contributed by atoms with E-state index < -0.39 is 0 Å². The number of carbonyl (C=O) groups is 2. The van der Waals surface area contributed by atoms with Gasteiger partial charge in [-0.1, -0.05) is 34.4 Å². The maximum Gasteiger partial charge on any atom is 0.233 e. The Balaban J connectivity index is 3.05. The van der Waals surface area contributed by atoms with Crippen LogP contribution >= 0.6 is 21.6 Å². The van der Waals surface area contributed by atoms with Gasteiger partial charge in [-0.2, -0.15) is 0 Å². The Kier molecular flexibility index (Phi) is 16.6. The van der Waals surface area contributed by atoms with Gasteiger partial charge in [0.1, 0.15) is 0 Å². The Morgan fingerprint density at radius 1 is 0.682 bits per heavy atom. The van der Waals surface area contributed by atoms with Gasteiger partial charge in [0.25, 0.3) is 0 Å². The first-order valence-corrected chi connectivity index (χ1v) is 10.4. The lowest BCUT2D eigenvalue weighted by Gasteiger charge is -2.04. The van der Waals surface area contributed by atoms with Gasteiger partial charge in [0.05, 0.1) is 13.1 Å². The summed E-state index contributed by atoms with van der Waals surface area (Å²) in [6.07, 6.45) is 6.68. The fourth-order valence-electron chi connectivity index (χ4n) is 1.64. The van der Waals surface area contributed by atoms with E-state index in [1.807, 2.05) is 21.6 Å². The predicted molar refractivity (Wildman–Crippen MR) is 96.7 cm³/mol. The van der Waals surface area contributed by atoms with Gasteiger partial charge in [-0.05, 0) is 25.7 Å². The molecule has 0 saturated carbocycles. The molecule has 0 aromatic heterocycles. The van der Waals surface area contributed by atoms with Crippen LogP contribution in [0.3, 0.4) is 0 Å². The first-order chi connectivity index (χ1) is 10.7. The average molecular weight is 351 g/mol. The van der Waals surface area contributed by atoms with E-state index in [0.29, 0.717) is 0 Å². The van der Waals surface area contributed by atoms with Crippen molar-refractivity contribution in [2.45, 2.75) is 38.5 Å². The van der Waals surface area contributed by atoms with Gasteiger partial charge in [-0.3, -0.25) is 9.59 Å². The molecule has 0 unspecified atom stereocenters. The van der Waals surface area contributed by atoms with Crippen LogP contribution in [0.1, 0.15) is 38.5 Å². The Morgan fingerprint density at radius 2 is 1.09 bits per heavy atom. The predicted octanol–water partition coefficient (Wildman–Crippen LogP) is 0.858. The molecular weight excluding hydrogens is 320 g/mol. The molecule has 0 aliphatic carbocycles. The van der Waals surface area contributed by atoms with Gasteiger partial charge in [-0.25, -0.2) is 0 Å². The number of unbranched alkanes of at least 4 members (excludes halogenated alkanes) is 4. The fraction of sp³-hybridized carbons (Fsp3) is 0.857.